The van der Waals surface area contributed by atoms with Crippen LogP contribution in [0.3, 0.4) is 0 Å². The van der Waals surface area contributed by atoms with Crippen LogP contribution in [-0.2, 0) is 6.42 Å². The summed E-state index contributed by atoms with van der Waals surface area (Å²) in [6, 6.07) is 12.8. The Labute approximate surface area is 161 Å². The maximum absolute atomic E-state index is 12.8. The normalized spacial score (nSPS) is 13.2. The third-order valence-electron chi connectivity index (χ3n) is 5.01. The number of ketones is 2. The summed E-state index contributed by atoms with van der Waals surface area (Å²) < 4.78 is 0. The van der Waals surface area contributed by atoms with Crippen molar-refractivity contribution in [3.05, 3.63) is 93.6 Å². The van der Waals surface area contributed by atoms with E-state index >= 15 is 0 Å². The number of allylic oxidation sites excluding steroid dienone is 4. The lowest BCUT2D eigenvalue weighted by atomic mass is 9.83. The van der Waals surface area contributed by atoms with Gasteiger partial charge in [0.15, 0.2) is 11.6 Å². The minimum atomic E-state index is -0.0539. The van der Waals surface area contributed by atoms with E-state index in [9.17, 15) is 9.59 Å². The van der Waals surface area contributed by atoms with Crippen molar-refractivity contribution >= 4 is 11.6 Å². The number of benzene rings is 2. The van der Waals surface area contributed by atoms with Gasteiger partial charge in [0, 0.05) is 22.3 Å². The zero-order chi connectivity index (χ0) is 19.4. The molecular formula is C25H26O2. The fourth-order valence-electron chi connectivity index (χ4n) is 3.48. The second-order valence-corrected chi connectivity index (χ2v) is 7.49. The molecular weight excluding hydrogens is 332 g/mol. The van der Waals surface area contributed by atoms with Crippen LogP contribution < -0.4 is 0 Å². The molecule has 3 rings (SSSR count). The lowest BCUT2D eigenvalue weighted by Gasteiger charge is -2.18. The molecule has 0 fully saturated rings. The van der Waals surface area contributed by atoms with Gasteiger partial charge in [0.25, 0.3) is 0 Å². The molecule has 2 heteroatoms. The first-order chi connectivity index (χ1) is 13.0. The molecule has 0 radical (unpaired) electrons. The molecule has 0 amide bonds. The Morgan fingerprint density at radius 1 is 0.778 bits per heavy atom. The predicted molar refractivity (Wildman–Crippen MR) is 110 cm³/mol. The fraction of sp³-hybridized carbons (Fsp3) is 0.280. The average Bonchev–Trinajstić information content (AvgIpc) is 2.66. The van der Waals surface area contributed by atoms with Crippen LogP contribution in [0.2, 0.25) is 0 Å². The summed E-state index contributed by atoms with van der Waals surface area (Å²) in [6.07, 6.45) is 8.52. The number of carbonyl (C=O) groups is 2. The topological polar surface area (TPSA) is 34.1 Å². The summed E-state index contributed by atoms with van der Waals surface area (Å²) in [6.45, 7) is 6.42. The van der Waals surface area contributed by atoms with Crippen LogP contribution in [0.5, 0.6) is 0 Å². The van der Waals surface area contributed by atoms with E-state index in [4.69, 9.17) is 0 Å². The Hall–Kier alpha value is -2.74. The highest BCUT2D eigenvalue weighted by Crippen LogP contribution is 2.28. The molecule has 0 N–H and O–H groups in total. The molecule has 138 valence electrons. The average molecular weight is 358 g/mol. The van der Waals surface area contributed by atoms with E-state index in [0.29, 0.717) is 22.3 Å². The Kier molecular flexibility index (Phi) is 5.85. The molecule has 0 bridgehead atoms. The first-order valence-corrected chi connectivity index (χ1v) is 9.57. The van der Waals surface area contributed by atoms with Crippen molar-refractivity contribution in [1.29, 1.82) is 0 Å². The van der Waals surface area contributed by atoms with Crippen LogP contribution in [0.4, 0.5) is 0 Å². The van der Waals surface area contributed by atoms with Crippen molar-refractivity contribution in [2.24, 2.45) is 0 Å². The third-order valence-corrected chi connectivity index (χ3v) is 5.01. The number of hydrogen-bond donors (Lipinski definition) is 0. The minimum absolute atomic E-state index is 0.0458. The number of aryl methyl sites for hydroxylation is 1. The van der Waals surface area contributed by atoms with Crippen LogP contribution in [0.1, 0.15) is 77.4 Å². The summed E-state index contributed by atoms with van der Waals surface area (Å²) in [5, 5.41) is 0. The van der Waals surface area contributed by atoms with Gasteiger partial charge in [-0.2, -0.15) is 0 Å². The minimum Gasteiger partial charge on any atom is -0.289 e. The van der Waals surface area contributed by atoms with Gasteiger partial charge in [0.2, 0.25) is 0 Å². The molecule has 1 aliphatic carbocycles. The summed E-state index contributed by atoms with van der Waals surface area (Å²) >= 11 is 0. The largest absolute Gasteiger partial charge is 0.289 e. The number of carbonyl (C=O) groups excluding carboxylic acids is 2. The molecule has 0 unspecified atom stereocenters. The first-order valence-electron chi connectivity index (χ1n) is 9.57. The van der Waals surface area contributed by atoms with E-state index in [1.54, 1.807) is 18.2 Å². The predicted octanol–water partition coefficient (Wildman–Crippen LogP) is 6.09. The highest BCUT2D eigenvalue weighted by molar-refractivity contribution is 6.28. The zero-order valence-corrected chi connectivity index (χ0v) is 16.3. The Morgan fingerprint density at radius 3 is 2.07 bits per heavy atom. The van der Waals surface area contributed by atoms with Gasteiger partial charge in [-0.15, -0.1) is 0 Å². The smallest absolute Gasteiger partial charge is 0.194 e. The molecule has 0 heterocycles. The van der Waals surface area contributed by atoms with E-state index in [0.717, 1.165) is 31.2 Å². The molecule has 0 saturated carbocycles. The molecule has 0 aliphatic heterocycles. The van der Waals surface area contributed by atoms with Crippen LogP contribution >= 0.6 is 0 Å². The van der Waals surface area contributed by atoms with Crippen molar-refractivity contribution in [2.45, 2.75) is 46.5 Å². The summed E-state index contributed by atoms with van der Waals surface area (Å²) in [4.78, 5) is 25.4. The maximum Gasteiger partial charge on any atom is 0.194 e. The van der Waals surface area contributed by atoms with Crippen molar-refractivity contribution in [3.63, 3.8) is 0 Å². The van der Waals surface area contributed by atoms with Crippen molar-refractivity contribution in [2.75, 3.05) is 0 Å². The number of hydrogen-bond acceptors (Lipinski definition) is 2. The first kappa shape index (κ1) is 19.0. The lowest BCUT2D eigenvalue weighted by Crippen LogP contribution is -2.20. The van der Waals surface area contributed by atoms with Gasteiger partial charge in [0.05, 0.1) is 0 Å². The third kappa shape index (κ3) is 4.33. The van der Waals surface area contributed by atoms with Gasteiger partial charge in [-0.3, -0.25) is 9.59 Å². The Bertz CT molecular complexity index is 941. The summed E-state index contributed by atoms with van der Waals surface area (Å²) in [5.41, 5.74) is 5.95. The summed E-state index contributed by atoms with van der Waals surface area (Å²) in [7, 11) is 0. The highest BCUT2D eigenvalue weighted by atomic mass is 16.1. The molecule has 2 nitrogen and oxygen atoms in total. The van der Waals surface area contributed by atoms with Gasteiger partial charge >= 0.3 is 0 Å². The maximum atomic E-state index is 12.8. The molecule has 2 aromatic rings. The molecule has 1 aliphatic rings. The quantitative estimate of drug-likeness (QED) is 0.500. The molecule has 0 saturated heterocycles. The molecule has 0 aromatic heterocycles. The second kappa shape index (κ2) is 8.30. The monoisotopic (exact) mass is 358 g/mol. The van der Waals surface area contributed by atoms with Crippen LogP contribution in [0.15, 0.2) is 65.8 Å². The van der Waals surface area contributed by atoms with Crippen molar-refractivity contribution in [3.8, 4) is 0 Å². The standard InChI is InChI=1S/C25H26O2/c1-17(2)8-6-9-18(3)10-7-11-19-14-15-22-23(16-19)25(27)21-13-5-4-12-20(21)24(22)26/h4-5,8,10,12-16H,6-7,9,11H2,1-3H3/b18-10+. The van der Waals surface area contributed by atoms with E-state index in [1.807, 2.05) is 24.3 Å². The van der Waals surface area contributed by atoms with E-state index < -0.39 is 0 Å². The van der Waals surface area contributed by atoms with Gasteiger partial charge in [-0.05, 0) is 58.1 Å². The molecule has 0 spiro atoms. The molecule has 27 heavy (non-hydrogen) atoms. The Morgan fingerprint density at radius 2 is 1.41 bits per heavy atom. The molecule has 2 aromatic carbocycles. The van der Waals surface area contributed by atoms with Gasteiger partial charge in [-0.25, -0.2) is 0 Å². The van der Waals surface area contributed by atoms with Crippen molar-refractivity contribution < 1.29 is 9.59 Å². The molecule has 0 atom stereocenters. The van der Waals surface area contributed by atoms with E-state index in [1.165, 1.54) is 11.1 Å². The summed E-state index contributed by atoms with van der Waals surface area (Å²) in [5.74, 6) is -0.0998. The van der Waals surface area contributed by atoms with Gasteiger partial charge in [-0.1, -0.05) is 59.7 Å². The van der Waals surface area contributed by atoms with Crippen molar-refractivity contribution in [1.82, 2.24) is 0 Å². The van der Waals surface area contributed by atoms with E-state index in [2.05, 4.69) is 32.9 Å². The van der Waals surface area contributed by atoms with Gasteiger partial charge < -0.3 is 0 Å². The van der Waals surface area contributed by atoms with E-state index in [-0.39, 0.29) is 11.6 Å². The number of fused-ring (bicyclic) bond motifs is 2. The van der Waals surface area contributed by atoms with Crippen LogP contribution in [0.25, 0.3) is 0 Å². The number of rotatable bonds is 6. The highest BCUT2D eigenvalue weighted by Gasteiger charge is 2.29. The second-order valence-electron chi connectivity index (χ2n) is 7.49. The Balaban J connectivity index is 1.71. The van der Waals surface area contributed by atoms with Crippen LogP contribution in [0, 0.1) is 0 Å². The SMILES string of the molecule is CC(C)=CCC/C(C)=C/CCc1ccc2c(c1)C(=O)c1ccccc1C2=O. The lowest BCUT2D eigenvalue weighted by molar-refractivity contribution is 0.0979. The zero-order valence-electron chi connectivity index (χ0n) is 16.3. The fourth-order valence-corrected chi connectivity index (χ4v) is 3.48. The van der Waals surface area contributed by atoms with Crippen LogP contribution in [-0.4, -0.2) is 11.6 Å². The van der Waals surface area contributed by atoms with Gasteiger partial charge in [0.1, 0.15) is 0 Å².